The summed E-state index contributed by atoms with van der Waals surface area (Å²) in [5, 5.41) is 3.08. The van der Waals surface area contributed by atoms with Gasteiger partial charge in [0.25, 0.3) is 0 Å². The number of aromatic nitrogens is 1. The van der Waals surface area contributed by atoms with Crippen LogP contribution in [0.1, 0.15) is 17.3 Å². The molecule has 2 aromatic rings. The molecule has 0 fully saturated rings. The van der Waals surface area contributed by atoms with Crippen LogP contribution in [0.4, 0.5) is 4.39 Å². The normalized spacial score (nSPS) is 12.4. The zero-order valence-electron chi connectivity index (χ0n) is 9.32. The summed E-state index contributed by atoms with van der Waals surface area (Å²) in [6.07, 6.45) is 1.70. The molecule has 1 N–H and O–H groups in total. The van der Waals surface area contributed by atoms with Gasteiger partial charge in [0.2, 0.25) is 0 Å². The molecule has 0 amide bonds. The third kappa shape index (κ3) is 2.70. The van der Waals surface area contributed by atoms with Crippen LogP contribution in [0.15, 0.2) is 47.1 Å². The molecule has 2 rings (SSSR count). The summed E-state index contributed by atoms with van der Waals surface area (Å²) in [6.45, 7) is 0. The molecule has 1 atom stereocenters. The first kappa shape index (κ1) is 12.2. The predicted molar refractivity (Wildman–Crippen MR) is 69.2 cm³/mol. The number of nitrogens with one attached hydrogen (secondary N) is 1. The van der Waals surface area contributed by atoms with Crippen molar-refractivity contribution in [1.29, 1.82) is 0 Å². The molecule has 0 radical (unpaired) electrons. The number of rotatable bonds is 3. The number of benzene rings is 1. The molecule has 0 aliphatic rings. The fraction of sp³-hybridized carbons (Fsp3) is 0.154. The van der Waals surface area contributed by atoms with E-state index in [-0.39, 0.29) is 11.9 Å². The maximum Gasteiger partial charge on any atom is 0.128 e. The zero-order chi connectivity index (χ0) is 12.3. The monoisotopic (exact) mass is 294 g/mol. The molecule has 1 aromatic heterocycles. The van der Waals surface area contributed by atoms with Crippen molar-refractivity contribution in [3.63, 3.8) is 0 Å². The summed E-state index contributed by atoms with van der Waals surface area (Å²) >= 11 is 3.35. The fourth-order valence-electron chi connectivity index (χ4n) is 1.75. The van der Waals surface area contributed by atoms with E-state index in [1.807, 2.05) is 18.2 Å². The highest BCUT2D eigenvalue weighted by Crippen LogP contribution is 2.25. The van der Waals surface area contributed by atoms with Crippen LogP contribution in [-0.4, -0.2) is 12.0 Å². The topological polar surface area (TPSA) is 24.9 Å². The van der Waals surface area contributed by atoms with Crippen molar-refractivity contribution in [2.45, 2.75) is 6.04 Å². The molecule has 1 aromatic carbocycles. The minimum Gasteiger partial charge on any atom is -0.308 e. The predicted octanol–water partition coefficient (Wildman–Crippen LogP) is 3.29. The molecule has 1 unspecified atom stereocenters. The zero-order valence-corrected chi connectivity index (χ0v) is 10.9. The van der Waals surface area contributed by atoms with Gasteiger partial charge in [0.15, 0.2) is 0 Å². The highest BCUT2D eigenvalue weighted by Gasteiger charge is 2.17. The molecule has 17 heavy (non-hydrogen) atoms. The first-order chi connectivity index (χ1) is 8.22. The summed E-state index contributed by atoms with van der Waals surface area (Å²) in [4.78, 5) is 4.25. The minimum absolute atomic E-state index is 0.238. The van der Waals surface area contributed by atoms with Crippen LogP contribution in [0.5, 0.6) is 0 Å². The van der Waals surface area contributed by atoms with Gasteiger partial charge in [-0.1, -0.05) is 22.0 Å². The Morgan fingerprint density at radius 3 is 2.76 bits per heavy atom. The Labute approximate surface area is 108 Å². The Hall–Kier alpha value is -1.26. The molecule has 4 heteroatoms. The largest absolute Gasteiger partial charge is 0.308 e. The average molecular weight is 295 g/mol. The van der Waals surface area contributed by atoms with Gasteiger partial charge in [-0.2, -0.15) is 0 Å². The molecule has 88 valence electrons. The van der Waals surface area contributed by atoms with Crippen molar-refractivity contribution < 1.29 is 4.39 Å². The third-order valence-electron chi connectivity index (χ3n) is 2.54. The lowest BCUT2D eigenvalue weighted by atomic mass is 10.0. The Balaban J connectivity index is 2.46. The van der Waals surface area contributed by atoms with Gasteiger partial charge in [-0.05, 0) is 37.4 Å². The number of nitrogens with zero attached hydrogens (tertiary/aromatic N) is 1. The number of hydrogen-bond donors (Lipinski definition) is 1. The van der Waals surface area contributed by atoms with Crippen LogP contribution >= 0.6 is 15.9 Å². The SMILES string of the molecule is CNC(c1ccccn1)c1cc(Br)ccc1F. The minimum atomic E-state index is -0.242. The third-order valence-corrected chi connectivity index (χ3v) is 3.03. The smallest absolute Gasteiger partial charge is 0.128 e. The van der Waals surface area contributed by atoms with Gasteiger partial charge in [-0.25, -0.2) is 4.39 Å². The van der Waals surface area contributed by atoms with Crippen molar-refractivity contribution in [2.75, 3.05) is 7.05 Å². The lowest BCUT2D eigenvalue weighted by Gasteiger charge is -2.17. The number of hydrogen-bond acceptors (Lipinski definition) is 2. The second-order valence-electron chi connectivity index (χ2n) is 3.64. The van der Waals surface area contributed by atoms with Gasteiger partial charge in [0.05, 0.1) is 11.7 Å². The van der Waals surface area contributed by atoms with Crippen LogP contribution in [0.3, 0.4) is 0 Å². The van der Waals surface area contributed by atoms with E-state index in [2.05, 4.69) is 26.2 Å². The van der Waals surface area contributed by atoms with E-state index < -0.39 is 0 Å². The van der Waals surface area contributed by atoms with Crippen molar-refractivity contribution >= 4 is 15.9 Å². The Morgan fingerprint density at radius 1 is 1.29 bits per heavy atom. The molecule has 0 saturated heterocycles. The summed E-state index contributed by atoms with van der Waals surface area (Å²) < 4.78 is 14.7. The van der Waals surface area contributed by atoms with E-state index in [0.29, 0.717) is 5.56 Å². The number of halogens is 2. The molecule has 0 saturated carbocycles. The van der Waals surface area contributed by atoms with Crippen LogP contribution < -0.4 is 5.32 Å². The Kier molecular flexibility index (Phi) is 3.86. The van der Waals surface area contributed by atoms with E-state index in [1.165, 1.54) is 6.07 Å². The van der Waals surface area contributed by atoms with Crippen LogP contribution in [-0.2, 0) is 0 Å². The molecule has 0 aliphatic carbocycles. The van der Waals surface area contributed by atoms with Gasteiger partial charge < -0.3 is 5.32 Å². The van der Waals surface area contributed by atoms with Gasteiger partial charge in [0.1, 0.15) is 5.82 Å². The molecule has 0 spiro atoms. The van der Waals surface area contributed by atoms with Crippen molar-refractivity contribution in [3.05, 3.63) is 64.1 Å². The van der Waals surface area contributed by atoms with Gasteiger partial charge >= 0.3 is 0 Å². The first-order valence-corrected chi connectivity index (χ1v) is 6.05. The average Bonchev–Trinajstić information content (AvgIpc) is 2.36. The molecular weight excluding hydrogens is 283 g/mol. The Morgan fingerprint density at radius 2 is 2.12 bits per heavy atom. The van der Waals surface area contributed by atoms with Gasteiger partial charge in [-0.15, -0.1) is 0 Å². The standard InChI is InChI=1S/C13H12BrFN2/c1-16-13(12-4-2-3-7-17-12)10-8-9(14)5-6-11(10)15/h2-8,13,16H,1H3. The molecule has 0 aliphatic heterocycles. The van der Waals surface area contributed by atoms with E-state index in [4.69, 9.17) is 0 Å². The van der Waals surface area contributed by atoms with Crippen molar-refractivity contribution in [1.82, 2.24) is 10.3 Å². The highest BCUT2D eigenvalue weighted by molar-refractivity contribution is 9.10. The maximum absolute atomic E-state index is 13.8. The summed E-state index contributed by atoms with van der Waals surface area (Å²) in [5.41, 5.74) is 1.38. The quantitative estimate of drug-likeness (QED) is 0.940. The number of pyridine rings is 1. The second kappa shape index (κ2) is 5.38. The first-order valence-electron chi connectivity index (χ1n) is 5.25. The Bertz CT molecular complexity index is 502. The van der Waals surface area contributed by atoms with Crippen LogP contribution in [0, 0.1) is 5.82 Å². The van der Waals surface area contributed by atoms with E-state index >= 15 is 0 Å². The summed E-state index contributed by atoms with van der Waals surface area (Å²) in [5.74, 6) is -0.238. The van der Waals surface area contributed by atoms with Crippen molar-refractivity contribution in [3.8, 4) is 0 Å². The van der Waals surface area contributed by atoms with Gasteiger partial charge in [-0.3, -0.25) is 4.98 Å². The van der Waals surface area contributed by atoms with Crippen LogP contribution in [0.25, 0.3) is 0 Å². The molecule has 1 heterocycles. The highest BCUT2D eigenvalue weighted by atomic mass is 79.9. The molecule has 2 nitrogen and oxygen atoms in total. The fourth-order valence-corrected chi connectivity index (χ4v) is 2.12. The van der Waals surface area contributed by atoms with Gasteiger partial charge in [0, 0.05) is 16.2 Å². The van der Waals surface area contributed by atoms with E-state index in [9.17, 15) is 4.39 Å². The van der Waals surface area contributed by atoms with E-state index in [0.717, 1.165) is 10.2 Å². The van der Waals surface area contributed by atoms with Crippen molar-refractivity contribution in [2.24, 2.45) is 0 Å². The van der Waals surface area contributed by atoms with E-state index in [1.54, 1.807) is 25.4 Å². The lowest BCUT2D eigenvalue weighted by molar-refractivity contribution is 0.570. The molecular formula is C13H12BrFN2. The molecule has 0 bridgehead atoms. The summed E-state index contributed by atoms with van der Waals surface area (Å²) in [7, 11) is 1.79. The maximum atomic E-state index is 13.8. The second-order valence-corrected chi connectivity index (χ2v) is 4.56. The lowest BCUT2D eigenvalue weighted by Crippen LogP contribution is -2.20. The summed E-state index contributed by atoms with van der Waals surface area (Å²) in [6, 6.07) is 10.3. The van der Waals surface area contributed by atoms with Crippen LogP contribution in [0.2, 0.25) is 0 Å².